The fourth-order valence-electron chi connectivity index (χ4n) is 2.70. The van der Waals surface area contributed by atoms with Crippen molar-refractivity contribution in [2.45, 2.75) is 44.7 Å². The van der Waals surface area contributed by atoms with Crippen LogP contribution in [0.2, 0.25) is 0 Å². The maximum Gasteiger partial charge on any atom is 0.134 e. The second-order valence-corrected chi connectivity index (χ2v) is 6.27. The summed E-state index contributed by atoms with van der Waals surface area (Å²) in [7, 11) is 0. The van der Waals surface area contributed by atoms with Crippen LogP contribution in [0.25, 0.3) is 0 Å². The third-order valence-electron chi connectivity index (χ3n) is 4.01. The Morgan fingerprint density at radius 3 is 2.89 bits per heavy atom. The fourth-order valence-corrected chi connectivity index (χ4v) is 2.70. The molecule has 0 spiro atoms. The average Bonchev–Trinajstić information content (AvgIpc) is 2.33. The van der Waals surface area contributed by atoms with E-state index in [2.05, 4.69) is 45.4 Å². The molecule has 1 aliphatic heterocycles. The molecule has 2 N–H and O–H groups in total. The zero-order valence-corrected chi connectivity index (χ0v) is 11.8. The first kappa shape index (κ1) is 12.7. The van der Waals surface area contributed by atoms with Gasteiger partial charge in [0.2, 0.25) is 0 Å². The van der Waals surface area contributed by atoms with Crippen LogP contribution in [0.5, 0.6) is 0 Å². The van der Waals surface area contributed by atoms with Gasteiger partial charge in [-0.25, -0.2) is 9.97 Å². The maximum atomic E-state index is 4.43. The standard InChI is InChI=1S/C14H23N5/c1-14(2)9-19(7-6-17-14)13-8-12(15-10-16-13)18-11-4-3-5-11/h8,10-11,17H,3-7,9H2,1-2H3,(H,15,16,18). The van der Waals surface area contributed by atoms with E-state index < -0.39 is 0 Å². The quantitative estimate of drug-likeness (QED) is 0.866. The highest BCUT2D eigenvalue weighted by Crippen LogP contribution is 2.24. The SMILES string of the molecule is CC1(C)CN(c2cc(NC3CCC3)ncn2)CCN1. The van der Waals surface area contributed by atoms with Crippen molar-refractivity contribution < 1.29 is 0 Å². The number of hydrogen-bond acceptors (Lipinski definition) is 5. The Kier molecular flexibility index (Phi) is 3.31. The number of rotatable bonds is 3. The van der Waals surface area contributed by atoms with Crippen molar-refractivity contribution >= 4 is 11.6 Å². The normalized spacial score (nSPS) is 22.9. The molecule has 1 saturated carbocycles. The monoisotopic (exact) mass is 261 g/mol. The second-order valence-electron chi connectivity index (χ2n) is 6.27. The average molecular weight is 261 g/mol. The van der Waals surface area contributed by atoms with Crippen molar-refractivity contribution in [3.05, 3.63) is 12.4 Å². The number of anilines is 2. The summed E-state index contributed by atoms with van der Waals surface area (Å²) in [6.07, 6.45) is 5.53. The molecule has 0 aromatic carbocycles. The number of nitrogens with zero attached hydrogens (tertiary/aromatic N) is 3. The van der Waals surface area contributed by atoms with Gasteiger partial charge in [0.15, 0.2) is 0 Å². The molecule has 0 unspecified atom stereocenters. The molecule has 3 rings (SSSR count). The third kappa shape index (κ3) is 2.97. The summed E-state index contributed by atoms with van der Waals surface area (Å²) in [6.45, 7) is 7.44. The number of hydrogen-bond donors (Lipinski definition) is 2. The smallest absolute Gasteiger partial charge is 0.134 e. The molecule has 104 valence electrons. The molecule has 2 fully saturated rings. The molecule has 0 amide bonds. The lowest BCUT2D eigenvalue weighted by Gasteiger charge is -2.39. The molecular weight excluding hydrogens is 238 g/mol. The summed E-state index contributed by atoms with van der Waals surface area (Å²) >= 11 is 0. The largest absolute Gasteiger partial charge is 0.367 e. The van der Waals surface area contributed by atoms with E-state index in [1.165, 1.54) is 19.3 Å². The molecule has 19 heavy (non-hydrogen) atoms. The Labute approximate surface area is 114 Å². The van der Waals surface area contributed by atoms with Crippen LogP contribution in [0.15, 0.2) is 12.4 Å². The van der Waals surface area contributed by atoms with Gasteiger partial charge in [-0.2, -0.15) is 0 Å². The van der Waals surface area contributed by atoms with Gasteiger partial charge in [-0.05, 0) is 33.1 Å². The van der Waals surface area contributed by atoms with E-state index in [0.29, 0.717) is 6.04 Å². The fraction of sp³-hybridized carbons (Fsp3) is 0.714. The predicted octanol–water partition coefficient (Wildman–Crippen LogP) is 1.63. The summed E-state index contributed by atoms with van der Waals surface area (Å²) < 4.78 is 0. The predicted molar refractivity (Wildman–Crippen MR) is 77.6 cm³/mol. The van der Waals surface area contributed by atoms with Gasteiger partial charge in [0.1, 0.15) is 18.0 Å². The van der Waals surface area contributed by atoms with Crippen molar-refractivity contribution in [2.24, 2.45) is 0 Å². The van der Waals surface area contributed by atoms with Crippen LogP contribution in [-0.2, 0) is 0 Å². The van der Waals surface area contributed by atoms with Crippen LogP contribution >= 0.6 is 0 Å². The van der Waals surface area contributed by atoms with Crippen molar-refractivity contribution in [1.82, 2.24) is 15.3 Å². The minimum Gasteiger partial charge on any atom is -0.367 e. The Hall–Kier alpha value is -1.36. The number of aromatic nitrogens is 2. The molecule has 1 aromatic rings. The van der Waals surface area contributed by atoms with Gasteiger partial charge in [0.05, 0.1) is 0 Å². The van der Waals surface area contributed by atoms with Gasteiger partial charge in [-0.3, -0.25) is 0 Å². The van der Waals surface area contributed by atoms with Crippen LogP contribution in [-0.4, -0.2) is 41.2 Å². The van der Waals surface area contributed by atoms with Crippen molar-refractivity contribution in [3.63, 3.8) is 0 Å². The van der Waals surface area contributed by atoms with Crippen molar-refractivity contribution in [2.75, 3.05) is 29.9 Å². The van der Waals surface area contributed by atoms with E-state index in [0.717, 1.165) is 31.3 Å². The molecule has 2 heterocycles. The molecule has 0 bridgehead atoms. The first-order valence-electron chi connectivity index (χ1n) is 7.21. The van der Waals surface area contributed by atoms with E-state index in [1.54, 1.807) is 6.33 Å². The lowest BCUT2D eigenvalue weighted by Crippen LogP contribution is -2.57. The van der Waals surface area contributed by atoms with E-state index in [-0.39, 0.29) is 5.54 Å². The summed E-state index contributed by atoms with van der Waals surface area (Å²) in [5.74, 6) is 2.00. The van der Waals surface area contributed by atoms with Gasteiger partial charge in [0.25, 0.3) is 0 Å². The van der Waals surface area contributed by atoms with Gasteiger partial charge < -0.3 is 15.5 Å². The number of nitrogens with one attached hydrogen (secondary N) is 2. The van der Waals surface area contributed by atoms with E-state index >= 15 is 0 Å². The lowest BCUT2D eigenvalue weighted by molar-refractivity contribution is 0.351. The van der Waals surface area contributed by atoms with E-state index in [1.807, 2.05) is 0 Å². The highest BCUT2D eigenvalue weighted by Gasteiger charge is 2.26. The van der Waals surface area contributed by atoms with Crippen LogP contribution in [0, 0.1) is 0 Å². The molecule has 1 saturated heterocycles. The minimum atomic E-state index is 0.144. The van der Waals surface area contributed by atoms with Crippen LogP contribution in [0.4, 0.5) is 11.6 Å². The lowest BCUT2D eigenvalue weighted by atomic mass is 9.93. The summed E-state index contributed by atoms with van der Waals surface area (Å²) in [5, 5.41) is 7.01. The Morgan fingerprint density at radius 2 is 2.21 bits per heavy atom. The molecule has 5 nitrogen and oxygen atoms in total. The van der Waals surface area contributed by atoms with Gasteiger partial charge in [0, 0.05) is 37.3 Å². The first-order valence-corrected chi connectivity index (χ1v) is 7.21. The van der Waals surface area contributed by atoms with Crippen LogP contribution in [0.3, 0.4) is 0 Å². The molecule has 2 aliphatic rings. The molecule has 0 radical (unpaired) electrons. The zero-order valence-electron chi connectivity index (χ0n) is 11.8. The highest BCUT2D eigenvalue weighted by atomic mass is 15.3. The van der Waals surface area contributed by atoms with Crippen molar-refractivity contribution in [1.29, 1.82) is 0 Å². The van der Waals surface area contributed by atoms with E-state index in [4.69, 9.17) is 0 Å². The maximum absolute atomic E-state index is 4.43. The summed E-state index contributed by atoms with van der Waals surface area (Å²) in [5.41, 5.74) is 0.144. The second kappa shape index (κ2) is 4.96. The van der Waals surface area contributed by atoms with Crippen molar-refractivity contribution in [3.8, 4) is 0 Å². The minimum absolute atomic E-state index is 0.144. The Balaban J connectivity index is 1.71. The zero-order chi connectivity index (χ0) is 13.3. The highest BCUT2D eigenvalue weighted by molar-refractivity contribution is 5.49. The number of piperazine rings is 1. The Bertz CT molecular complexity index is 441. The molecular formula is C14H23N5. The van der Waals surface area contributed by atoms with Crippen LogP contribution < -0.4 is 15.5 Å². The molecule has 5 heteroatoms. The Morgan fingerprint density at radius 1 is 1.37 bits per heavy atom. The van der Waals surface area contributed by atoms with Gasteiger partial charge in [-0.15, -0.1) is 0 Å². The van der Waals surface area contributed by atoms with Gasteiger partial charge in [-0.1, -0.05) is 0 Å². The van der Waals surface area contributed by atoms with Gasteiger partial charge >= 0.3 is 0 Å². The summed E-state index contributed by atoms with van der Waals surface area (Å²) in [4.78, 5) is 11.1. The summed E-state index contributed by atoms with van der Waals surface area (Å²) in [6, 6.07) is 2.70. The van der Waals surface area contributed by atoms with E-state index in [9.17, 15) is 0 Å². The van der Waals surface area contributed by atoms with Crippen LogP contribution in [0.1, 0.15) is 33.1 Å². The first-order chi connectivity index (χ1) is 9.12. The topological polar surface area (TPSA) is 53.1 Å². The third-order valence-corrected chi connectivity index (χ3v) is 4.01. The molecule has 1 aromatic heterocycles. The molecule has 0 atom stereocenters. The molecule has 1 aliphatic carbocycles.